The number of benzene rings is 3. The topological polar surface area (TPSA) is 87.3 Å². The second-order valence-corrected chi connectivity index (χ2v) is 8.37. The monoisotopic (exact) mass is 467 g/mol. The van der Waals surface area contributed by atoms with Crippen molar-refractivity contribution < 1.29 is 30.8 Å². The first-order valence-corrected chi connectivity index (χ1v) is 10.6. The van der Waals surface area contributed by atoms with E-state index >= 15 is 0 Å². The van der Waals surface area contributed by atoms with Gasteiger partial charge in [-0.2, -0.15) is 13.2 Å². The van der Waals surface area contributed by atoms with Gasteiger partial charge in [0, 0.05) is 5.56 Å². The van der Waals surface area contributed by atoms with Gasteiger partial charge in [0.1, 0.15) is 5.82 Å². The van der Waals surface area contributed by atoms with E-state index in [1.54, 1.807) is 0 Å². The summed E-state index contributed by atoms with van der Waals surface area (Å²) < 4.78 is 80.4. The highest BCUT2D eigenvalue weighted by Gasteiger charge is 2.33. The molecule has 0 aliphatic carbocycles. The Kier molecular flexibility index (Phi) is 6.40. The number of para-hydroxylation sites is 2. The number of carbonyl (C=O) groups is 1. The van der Waals surface area contributed by atoms with Crippen LogP contribution >= 0.6 is 0 Å². The first kappa shape index (κ1) is 23.1. The molecule has 3 aromatic rings. The number of nitrogens with one attached hydrogen (secondary N) is 3. The summed E-state index contributed by atoms with van der Waals surface area (Å²) in [4.78, 5) is 12.2. The van der Waals surface area contributed by atoms with Gasteiger partial charge in [0.05, 0.1) is 21.8 Å². The minimum absolute atomic E-state index is 0.0987. The number of alkyl halides is 3. The lowest BCUT2D eigenvalue weighted by Gasteiger charge is -2.16. The lowest BCUT2D eigenvalue weighted by atomic mass is 10.1. The number of hydrogen-bond acceptors (Lipinski definition) is 4. The number of anilines is 2. The summed E-state index contributed by atoms with van der Waals surface area (Å²) in [7, 11) is -4.24. The summed E-state index contributed by atoms with van der Waals surface area (Å²) in [6, 6.07) is 13.3. The number of rotatable bonds is 6. The van der Waals surface area contributed by atoms with Crippen LogP contribution in [0.1, 0.15) is 21.5 Å². The fourth-order valence-electron chi connectivity index (χ4n) is 2.79. The highest BCUT2D eigenvalue weighted by Crippen LogP contribution is 2.34. The summed E-state index contributed by atoms with van der Waals surface area (Å²) in [6.45, 7) is 1.53. The van der Waals surface area contributed by atoms with Crippen molar-refractivity contribution in [2.75, 3.05) is 10.1 Å². The highest BCUT2D eigenvalue weighted by atomic mass is 32.2. The Morgan fingerprint density at radius 3 is 2.19 bits per heavy atom. The van der Waals surface area contributed by atoms with Crippen molar-refractivity contribution in [1.29, 1.82) is 0 Å². The van der Waals surface area contributed by atoms with E-state index in [2.05, 4.69) is 15.6 Å². The number of amides is 1. The van der Waals surface area contributed by atoms with Gasteiger partial charge < -0.3 is 0 Å². The fourth-order valence-corrected chi connectivity index (χ4v) is 3.88. The summed E-state index contributed by atoms with van der Waals surface area (Å²) in [6.07, 6.45) is -4.64. The predicted molar refractivity (Wildman–Crippen MR) is 111 cm³/mol. The van der Waals surface area contributed by atoms with Gasteiger partial charge in [0.2, 0.25) is 0 Å². The van der Waals surface area contributed by atoms with Crippen molar-refractivity contribution in [2.24, 2.45) is 0 Å². The maximum Gasteiger partial charge on any atom is 0.418 e. The summed E-state index contributed by atoms with van der Waals surface area (Å²) in [5.41, 5.74) is 3.00. The SMILES string of the molecule is Cc1ccc(S(=O)(=O)Nc2ccccc2F)cc1C(=O)NNc1ccccc1C(F)(F)F. The standard InChI is InChI=1S/C21H17F4N3O3S/c1-13-10-11-14(32(30,31)28-19-9-5-3-7-17(19)22)12-15(13)20(29)27-26-18-8-4-2-6-16(18)21(23,24)25/h2-12,26,28H,1H3,(H,27,29). The average molecular weight is 467 g/mol. The van der Waals surface area contributed by atoms with Crippen LogP contribution < -0.4 is 15.6 Å². The molecule has 0 aromatic heterocycles. The third-order valence-electron chi connectivity index (χ3n) is 4.43. The molecule has 168 valence electrons. The zero-order chi connectivity index (χ0) is 23.5. The second-order valence-electron chi connectivity index (χ2n) is 6.68. The van der Waals surface area contributed by atoms with Crippen molar-refractivity contribution in [2.45, 2.75) is 18.0 Å². The first-order valence-electron chi connectivity index (χ1n) is 9.09. The molecule has 0 unspecified atom stereocenters. The minimum Gasteiger partial charge on any atom is -0.298 e. The third-order valence-corrected chi connectivity index (χ3v) is 5.79. The molecule has 0 radical (unpaired) electrons. The molecule has 0 saturated carbocycles. The van der Waals surface area contributed by atoms with Crippen LogP contribution in [0.25, 0.3) is 0 Å². The number of hydrogen-bond donors (Lipinski definition) is 3. The van der Waals surface area contributed by atoms with E-state index < -0.39 is 33.5 Å². The van der Waals surface area contributed by atoms with E-state index in [1.165, 1.54) is 49.4 Å². The van der Waals surface area contributed by atoms with E-state index in [0.717, 1.165) is 24.3 Å². The number of aryl methyl sites for hydroxylation is 1. The molecule has 0 saturated heterocycles. The largest absolute Gasteiger partial charge is 0.418 e. The van der Waals surface area contributed by atoms with Crippen molar-refractivity contribution in [1.82, 2.24) is 5.43 Å². The first-order chi connectivity index (χ1) is 15.0. The van der Waals surface area contributed by atoms with E-state index in [4.69, 9.17) is 0 Å². The average Bonchev–Trinajstić information content (AvgIpc) is 2.73. The predicted octanol–water partition coefficient (Wildman–Crippen LogP) is 4.71. The number of carbonyl (C=O) groups excluding carboxylic acids is 1. The van der Waals surface area contributed by atoms with Gasteiger partial charge in [-0.25, -0.2) is 12.8 Å². The number of hydrazine groups is 1. The summed E-state index contributed by atoms with van der Waals surface area (Å²) >= 11 is 0. The van der Waals surface area contributed by atoms with E-state index in [-0.39, 0.29) is 21.8 Å². The van der Waals surface area contributed by atoms with Gasteiger partial charge in [0.25, 0.3) is 15.9 Å². The normalized spacial score (nSPS) is 11.7. The second kappa shape index (κ2) is 8.87. The van der Waals surface area contributed by atoms with Crippen molar-refractivity contribution in [3.63, 3.8) is 0 Å². The van der Waals surface area contributed by atoms with Gasteiger partial charge in [0.15, 0.2) is 0 Å². The molecule has 0 bridgehead atoms. The van der Waals surface area contributed by atoms with Crippen LogP contribution in [0, 0.1) is 12.7 Å². The van der Waals surface area contributed by atoms with Gasteiger partial charge in [-0.1, -0.05) is 30.3 Å². The molecule has 32 heavy (non-hydrogen) atoms. The highest BCUT2D eigenvalue weighted by molar-refractivity contribution is 7.92. The summed E-state index contributed by atoms with van der Waals surface area (Å²) in [5, 5.41) is 0. The molecule has 3 N–H and O–H groups in total. The smallest absolute Gasteiger partial charge is 0.298 e. The van der Waals surface area contributed by atoms with Crippen LogP contribution in [-0.4, -0.2) is 14.3 Å². The Labute approximate surface area is 181 Å². The van der Waals surface area contributed by atoms with Crippen LogP contribution in [-0.2, 0) is 16.2 Å². The fraction of sp³-hybridized carbons (Fsp3) is 0.0952. The Morgan fingerprint density at radius 1 is 0.906 bits per heavy atom. The number of halogens is 4. The van der Waals surface area contributed by atoms with Crippen molar-refractivity contribution in [3.8, 4) is 0 Å². The molecule has 3 rings (SSSR count). The van der Waals surface area contributed by atoms with Gasteiger partial charge in [-0.3, -0.25) is 20.4 Å². The molecule has 0 aliphatic heterocycles. The Bertz CT molecular complexity index is 1260. The minimum atomic E-state index is -4.64. The molecular formula is C21H17F4N3O3S. The summed E-state index contributed by atoms with van der Waals surface area (Å²) in [5.74, 6) is -1.64. The third kappa shape index (κ3) is 5.17. The zero-order valence-electron chi connectivity index (χ0n) is 16.5. The van der Waals surface area contributed by atoms with E-state index in [9.17, 15) is 30.8 Å². The Hall–Kier alpha value is -3.60. The van der Waals surface area contributed by atoms with Gasteiger partial charge in [-0.15, -0.1) is 0 Å². The van der Waals surface area contributed by atoms with Crippen LogP contribution in [0.3, 0.4) is 0 Å². The Balaban J connectivity index is 1.83. The molecule has 0 heterocycles. The maximum atomic E-state index is 13.8. The molecule has 0 spiro atoms. The van der Waals surface area contributed by atoms with E-state index in [0.29, 0.717) is 5.56 Å². The molecule has 1 amide bonds. The van der Waals surface area contributed by atoms with Crippen molar-refractivity contribution >= 4 is 27.3 Å². The van der Waals surface area contributed by atoms with Crippen LogP contribution in [0.2, 0.25) is 0 Å². The molecule has 0 atom stereocenters. The maximum absolute atomic E-state index is 13.8. The molecular weight excluding hydrogens is 450 g/mol. The van der Waals surface area contributed by atoms with Gasteiger partial charge in [-0.05, 0) is 48.9 Å². The lowest BCUT2D eigenvalue weighted by molar-refractivity contribution is -0.137. The van der Waals surface area contributed by atoms with Crippen LogP contribution in [0.5, 0.6) is 0 Å². The lowest BCUT2D eigenvalue weighted by Crippen LogP contribution is -2.31. The van der Waals surface area contributed by atoms with Crippen LogP contribution in [0.4, 0.5) is 28.9 Å². The van der Waals surface area contributed by atoms with Crippen LogP contribution in [0.15, 0.2) is 71.6 Å². The molecule has 3 aromatic carbocycles. The quantitative estimate of drug-likeness (QED) is 0.362. The zero-order valence-corrected chi connectivity index (χ0v) is 17.3. The van der Waals surface area contributed by atoms with Gasteiger partial charge >= 0.3 is 6.18 Å². The Morgan fingerprint density at radius 2 is 1.53 bits per heavy atom. The molecule has 0 fully saturated rings. The molecule has 11 heteroatoms. The van der Waals surface area contributed by atoms with Crippen molar-refractivity contribution in [3.05, 3.63) is 89.2 Å². The number of sulfonamides is 1. The molecule has 0 aliphatic rings. The molecule has 6 nitrogen and oxygen atoms in total. The van der Waals surface area contributed by atoms with E-state index in [1.807, 2.05) is 0 Å².